The Bertz CT molecular complexity index is 1050. The van der Waals surface area contributed by atoms with Gasteiger partial charge in [-0.15, -0.1) is 11.3 Å². The van der Waals surface area contributed by atoms with Gasteiger partial charge in [0.05, 0.1) is 18.2 Å². The maximum Gasteiger partial charge on any atom is 0.373 e. The van der Waals surface area contributed by atoms with Crippen molar-refractivity contribution in [3.8, 4) is 0 Å². The van der Waals surface area contributed by atoms with Crippen molar-refractivity contribution in [2.75, 3.05) is 7.11 Å². The zero-order valence-corrected chi connectivity index (χ0v) is 17.6. The van der Waals surface area contributed by atoms with E-state index in [1.54, 1.807) is 28.0 Å². The van der Waals surface area contributed by atoms with Gasteiger partial charge in [-0.2, -0.15) is 0 Å². The zero-order valence-electron chi connectivity index (χ0n) is 16.0. The number of thiophene rings is 1. The first-order chi connectivity index (χ1) is 12.8. The number of nitrogens with zero attached hydrogens (tertiary/aromatic N) is 2. The number of aromatic nitrogens is 2. The molecular weight excluding hydrogens is 384 g/mol. The normalized spacial score (nSPS) is 11.5. The molecule has 0 unspecified atom stereocenters. The molecule has 0 spiro atoms. The molecule has 0 bridgehead atoms. The van der Waals surface area contributed by atoms with E-state index in [0.717, 1.165) is 15.3 Å². The van der Waals surface area contributed by atoms with E-state index in [2.05, 4.69) is 18.6 Å². The molecule has 3 heterocycles. The maximum atomic E-state index is 13.1. The monoisotopic (exact) mass is 406 g/mol. The van der Waals surface area contributed by atoms with Crippen molar-refractivity contribution in [1.29, 1.82) is 0 Å². The van der Waals surface area contributed by atoms with Gasteiger partial charge in [0.1, 0.15) is 10.6 Å². The number of fused-ring (bicyclic) bond motifs is 1. The topological polar surface area (TPSA) is 74.3 Å². The number of hydrogen-bond acceptors (Lipinski definition) is 7. The minimum absolute atomic E-state index is 0.00717. The highest BCUT2D eigenvalue weighted by atomic mass is 32.2. The molecule has 0 atom stereocenters. The molecule has 3 aromatic rings. The van der Waals surface area contributed by atoms with Crippen molar-refractivity contribution < 1.29 is 13.9 Å². The molecule has 3 aromatic heterocycles. The van der Waals surface area contributed by atoms with E-state index in [9.17, 15) is 9.59 Å². The lowest BCUT2D eigenvalue weighted by Crippen LogP contribution is -2.25. The second-order valence-electron chi connectivity index (χ2n) is 6.71. The van der Waals surface area contributed by atoms with Crippen LogP contribution in [0.5, 0.6) is 0 Å². The maximum absolute atomic E-state index is 13.1. The van der Waals surface area contributed by atoms with E-state index in [1.807, 2.05) is 13.8 Å². The lowest BCUT2D eigenvalue weighted by atomic mass is 10.2. The van der Waals surface area contributed by atoms with E-state index < -0.39 is 5.97 Å². The van der Waals surface area contributed by atoms with Crippen LogP contribution in [0, 0.1) is 19.8 Å². The number of hydrogen-bond donors (Lipinski definition) is 0. The molecule has 0 amide bonds. The molecule has 0 N–H and O–H groups in total. The predicted octanol–water partition coefficient (Wildman–Crippen LogP) is 4.40. The quantitative estimate of drug-likeness (QED) is 0.343. The lowest BCUT2D eigenvalue weighted by molar-refractivity contribution is 0.0563. The Labute approximate surface area is 165 Å². The van der Waals surface area contributed by atoms with Gasteiger partial charge in [-0.05, 0) is 37.5 Å². The average Bonchev–Trinajstić information content (AvgIpc) is 3.20. The highest BCUT2D eigenvalue weighted by Gasteiger charge is 2.18. The Balaban J connectivity index is 1.96. The van der Waals surface area contributed by atoms with Gasteiger partial charge in [-0.1, -0.05) is 25.6 Å². The summed E-state index contributed by atoms with van der Waals surface area (Å²) in [7, 11) is 1.31. The first-order valence-corrected chi connectivity index (χ1v) is 10.4. The molecule has 0 fully saturated rings. The second kappa shape index (κ2) is 7.90. The van der Waals surface area contributed by atoms with Crippen molar-refractivity contribution in [3.05, 3.63) is 44.4 Å². The minimum atomic E-state index is -0.507. The third-order valence-corrected chi connectivity index (χ3v) is 6.29. The number of esters is 1. The summed E-state index contributed by atoms with van der Waals surface area (Å²) in [5, 5.41) is 1.38. The van der Waals surface area contributed by atoms with Gasteiger partial charge in [0, 0.05) is 11.4 Å². The van der Waals surface area contributed by atoms with E-state index in [1.165, 1.54) is 18.9 Å². The van der Waals surface area contributed by atoms with Gasteiger partial charge in [0.2, 0.25) is 5.76 Å². The Morgan fingerprint density at radius 3 is 2.78 bits per heavy atom. The molecule has 0 saturated carbocycles. The summed E-state index contributed by atoms with van der Waals surface area (Å²) in [5.41, 5.74) is 1.02. The number of carbonyl (C=O) groups is 1. The summed E-state index contributed by atoms with van der Waals surface area (Å²) in [6.07, 6.45) is 0. The summed E-state index contributed by atoms with van der Waals surface area (Å²) in [5.74, 6) is 1.07. The number of thioether (sulfide) groups is 1. The molecular formula is C19H22N2O4S2. The molecule has 0 aromatic carbocycles. The highest BCUT2D eigenvalue weighted by molar-refractivity contribution is 7.98. The van der Waals surface area contributed by atoms with Crippen LogP contribution in [0.15, 0.2) is 26.5 Å². The van der Waals surface area contributed by atoms with Gasteiger partial charge >= 0.3 is 5.97 Å². The Morgan fingerprint density at radius 1 is 1.37 bits per heavy atom. The summed E-state index contributed by atoms with van der Waals surface area (Å²) in [6, 6.07) is 3.33. The first kappa shape index (κ1) is 19.7. The van der Waals surface area contributed by atoms with Crippen LogP contribution in [0.1, 0.15) is 40.6 Å². The van der Waals surface area contributed by atoms with Crippen molar-refractivity contribution in [1.82, 2.24) is 9.55 Å². The van der Waals surface area contributed by atoms with Gasteiger partial charge in [0.15, 0.2) is 5.16 Å². The molecule has 0 saturated heterocycles. The van der Waals surface area contributed by atoms with Crippen LogP contribution in [0.25, 0.3) is 10.2 Å². The zero-order chi connectivity index (χ0) is 19.7. The molecule has 0 aliphatic rings. The molecule has 27 heavy (non-hydrogen) atoms. The average molecular weight is 407 g/mol. The van der Waals surface area contributed by atoms with Crippen LogP contribution in [-0.4, -0.2) is 22.6 Å². The fourth-order valence-electron chi connectivity index (χ4n) is 2.75. The second-order valence-corrected chi connectivity index (χ2v) is 8.86. The molecule has 0 radical (unpaired) electrons. The Morgan fingerprint density at radius 2 is 2.11 bits per heavy atom. The summed E-state index contributed by atoms with van der Waals surface area (Å²) >= 11 is 2.98. The Kier molecular flexibility index (Phi) is 5.76. The minimum Gasteiger partial charge on any atom is -0.463 e. The molecule has 8 heteroatoms. The van der Waals surface area contributed by atoms with Crippen molar-refractivity contribution in [2.24, 2.45) is 5.92 Å². The van der Waals surface area contributed by atoms with E-state index in [0.29, 0.717) is 34.5 Å². The van der Waals surface area contributed by atoms with Crippen LogP contribution in [0.4, 0.5) is 0 Å². The third-order valence-electron chi connectivity index (χ3n) is 4.19. The molecule has 3 rings (SSSR count). The fraction of sp³-hybridized carbons (Fsp3) is 0.421. The van der Waals surface area contributed by atoms with Gasteiger partial charge in [-0.3, -0.25) is 9.36 Å². The smallest absolute Gasteiger partial charge is 0.373 e. The number of aryl methyl sites for hydroxylation is 2. The number of methoxy groups -OCH3 is 1. The van der Waals surface area contributed by atoms with Gasteiger partial charge in [-0.25, -0.2) is 9.78 Å². The molecule has 144 valence electrons. The predicted molar refractivity (Wildman–Crippen MR) is 108 cm³/mol. The van der Waals surface area contributed by atoms with Crippen LogP contribution in [0.2, 0.25) is 0 Å². The lowest BCUT2D eigenvalue weighted by Gasteiger charge is -2.13. The van der Waals surface area contributed by atoms with Gasteiger partial charge in [0.25, 0.3) is 5.56 Å². The molecule has 0 aliphatic carbocycles. The summed E-state index contributed by atoms with van der Waals surface area (Å²) in [6.45, 7) is 8.74. The third kappa shape index (κ3) is 3.96. The van der Waals surface area contributed by atoms with Crippen LogP contribution in [0.3, 0.4) is 0 Å². The van der Waals surface area contributed by atoms with Crippen molar-refractivity contribution in [2.45, 2.75) is 45.1 Å². The Hall–Kier alpha value is -2.06. The van der Waals surface area contributed by atoms with Gasteiger partial charge < -0.3 is 9.15 Å². The molecule has 0 aliphatic heterocycles. The van der Waals surface area contributed by atoms with Crippen molar-refractivity contribution >= 4 is 39.3 Å². The SMILES string of the molecule is COC(=O)c1ccc(CSc2nc3sc(C)c(C)c3c(=O)n2CC(C)C)o1. The molecule has 6 nitrogen and oxygen atoms in total. The van der Waals surface area contributed by atoms with Crippen LogP contribution < -0.4 is 5.56 Å². The standard InChI is InChI=1S/C19H22N2O4S2/c1-10(2)8-21-17(22)15-11(3)12(4)27-16(15)20-19(21)26-9-13-6-7-14(25-13)18(23)24-5/h6-7,10H,8-9H2,1-5H3. The van der Waals surface area contributed by atoms with E-state index in [-0.39, 0.29) is 11.3 Å². The van der Waals surface area contributed by atoms with E-state index >= 15 is 0 Å². The largest absolute Gasteiger partial charge is 0.463 e. The number of ether oxygens (including phenoxy) is 1. The van der Waals surface area contributed by atoms with Crippen LogP contribution in [-0.2, 0) is 17.0 Å². The van der Waals surface area contributed by atoms with E-state index in [4.69, 9.17) is 9.40 Å². The number of carbonyl (C=O) groups excluding carboxylic acids is 1. The number of rotatable bonds is 6. The van der Waals surface area contributed by atoms with Crippen molar-refractivity contribution in [3.63, 3.8) is 0 Å². The van der Waals surface area contributed by atoms with Crippen LogP contribution >= 0.6 is 23.1 Å². The highest BCUT2D eigenvalue weighted by Crippen LogP contribution is 2.30. The fourth-order valence-corrected chi connectivity index (χ4v) is 4.72. The number of furan rings is 1. The first-order valence-electron chi connectivity index (χ1n) is 8.62. The summed E-state index contributed by atoms with van der Waals surface area (Å²) in [4.78, 5) is 31.3. The summed E-state index contributed by atoms with van der Waals surface area (Å²) < 4.78 is 11.9.